The van der Waals surface area contributed by atoms with Crippen LogP contribution >= 0.6 is 0 Å². The Hall–Kier alpha value is -2.31. The highest BCUT2D eigenvalue weighted by atomic mass is 19.4. The maximum absolute atomic E-state index is 12.7. The normalized spacial score (nSPS) is 17.4. The Labute approximate surface area is 137 Å². The van der Waals surface area contributed by atoms with Crippen molar-refractivity contribution in [1.82, 2.24) is 15.5 Å². The van der Waals surface area contributed by atoms with Gasteiger partial charge in [-0.2, -0.15) is 18.3 Å². The summed E-state index contributed by atoms with van der Waals surface area (Å²) in [5.41, 5.74) is 2.43. The summed E-state index contributed by atoms with van der Waals surface area (Å²) in [5, 5.41) is 9.74. The Morgan fingerprint density at radius 1 is 1.42 bits per heavy atom. The van der Waals surface area contributed by atoms with Crippen molar-refractivity contribution in [3.63, 3.8) is 0 Å². The van der Waals surface area contributed by atoms with Gasteiger partial charge in [-0.05, 0) is 49.4 Å². The fourth-order valence-electron chi connectivity index (χ4n) is 3.11. The quantitative estimate of drug-likeness (QED) is 0.901. The summed E-state index contributed by atoms with van der Waals surface area (Å²) in [5.74, 6) is -0.362. The van der Waals surface area contributed by atoms with Gasteiger partial charge in [0.1, 0.15) is 0 Å². The molecule has 0 spiro atoms. The summed E-state index contributed by atoms with van der Waals surface area (Å²) in [4.78, 5) is 12.4. The summed E-state index contributed by atoms with van der Waals surface area (Å²) in [6.07, 6.45) is -0.123. The summed E-state index contributed by atoms with van der Waals surface area (Å²) in [6.45, 7) is 1.83. The molecule has 7 heteroatoms. The number of hydrogen-bond acceptors (Lipinski definition) is 2. The largest absolute Gasteiger partial charge is 0.416 e. The van der Waals surface area contributed by atoms with Gasteiger partial charge < -0.3 is 5.32 Å². The van der Waals surface area contributed by atoms with Gasteiger partial charge in [0.05, 0.1) is 17.7 Å². The zero-order valence-electron chi connectivity index (χ0n) is 13.2. The number of aryl methyl sites for hydroxylation is 2. The van der Waals surface area contributed by atoms with Crippen LogP contribution in [0.3, 0.4) is 0 Å². The molecule has 1 heterocycles. The van der Waals surface area contributed by atoms with Crippen LogP contribution in [0.2, 0.25) is 0 Å². The molecule has 0 aliphatic heterocycles. The average molecular weight is 337 g/mol. The second-order valence-electron chi connectivity index (χ2n) is 6.11. The molecule has 1 amide bonds. The van der Waals surface area contributed by atoms with E-state index in [-0.39, 0.29) is 18.4 Å². The number of fused-ring (bicyclic) bond motifs is 1. The van der Waals surface area contributed by atoms with Crippen molar-refractivity contribution in [3.8, 4) is 0 Å². The Kier molecular flexibility index (Phi) is 4.34. The molecule has 0 fully saturated rings. The number of aromatic amines is 1. The van der Waals surface area contributed by atoms with E-state index in [0.717, 1.165) is 42.7 Å². The Bertz CT molecular complexity index is 752. The Balaban J connectivity index is 1.68. The second kappa shape index (κ2) is 6.30. The lowest BCUT2D eigenvalue weighted by Gasteiger charge is -2.21. The molecular formula is C17H18F3N3O. The lowest BCUT2D eigenvalue weighted by Crippen LogP contribution is -2.31. The average Bonchev–Trinajstić information content (AvgIpc) is 3.00. The smallest absolute Gasteiger partial charge is 0.351 e. The van der Waals surface area contributed by atoms with Gasteiger partial charge >= 0.3 is 6.18 Å². The van der Waals surface area contributed by atoms with Crippen molar-refractivity contribution in [1.29, 1.82) is 0 Å². The number of carbonyl (C=O) groups excluding carboxylic acids is 1. The molecule has 0 bridgehead atoms. The highest BCUT2D eigenvalue weighted by Gasteiger charge is 2.31. The lowest BCUT2D eigenvalue weighted by atomic mass is 9.86. The summed E-state index contributed by atoms with van der Waals surface area (Å²) in [7, 11) is 0. The minimum absolute atomic E-state index is 0.114. The van der Waals surface area contributed by atoms with Crippen LogP contribution in [0.4, 0.5) is 13.2 Å². The molecule has 1 aliphatic rings. The van der Waals surface area contributed by atoms with Gasteiger partial charge in [-0.15, -0.1) is 0 Å². The van der Waals surface area contributed by atoms with Gasteiger partial charge in [0, 0.05) is 17.8 Å². The third kappa shape index (κ3) is 3.29. The van der Waals surface area contributed by atoms with Crippen LogP contribution in [0.15, 0.2) is 24.4 Å². The maximum atomic E-state index is 12.7. The van der Waals surface area contributed by atoms with Crippen molar-refractivity contribution < 1.29 is 18.0 Å². The summed E-state index contributed by atoms with van der Waals surface area (Å²) < 4.78 is 38.1. The minimum Gasteiger partial charge on any atom is -0.351 e. The molecule has 24 heavy (non-hydrogen) atoms. The maximum Gasteiger partial charge on any atom is 0.416 e. The predicted molar refractivity (Wildman–Crippen MR) is 82.3 cm³/mol. The molecule has 0 saturated heterocycles. The van der Waals surface area contributed by atoms with Gasteiger partial charge in [-0.3, -0.25) is 9.89 Å². The molecule has 1 aromatic carbocycles. The molecular weight excluding hydrogens is 319 g/mol. The van der Waals surface area contributed by atoms with Crippen molar-refractivity contribution in [2.45, 2.75) is 44.8 Å². The molecule has 128 valence electrons. The molecule has 2 N–H and O–H groups in total. The van der Waals surface area contributed by atoms with Gasteiger partial charge in [0.2, 0.25) is 5.91 Å². The third-order valence-electron chi connectivity index (χ3n) is 4.49. The lowest BCUT2D eigenvalue weighted by molar-refractivity contribution is -0.137. The number of rotatable bonds is 3. The van der Waals surface area contributed by atoms with Gasteiger partial charge in [-0.25, -0.2) is 0 Å². The van der Waals surface area contributed by atoms with E-state index in [9.17, 15) is 18.0 Å². The molecule has 0 radical (unpaired) electrons. The van der Waals surface area contributed by atoms with E-state index >= 15 is 0 Å². The molecule has 1 atom stereocenters. The number of amides is 1. The number of alkyl halides is 3. The van der Waals surface area contributed by atoms with Crippen molar-refractivity contribution >= 4 is 5.91 Å². The first-order valence-corrected chi connectivity index (χ1v) is 7.83. The standard InChI is InChI=1S/C17H18F3N3O/c1-10-7-12(17(18,19)20)6-5-11(10)8-21-16(24)13-3-2-4-15-14(13)9-22-23-15/h5-7,9,13H,2-4,8H2,1H3,(H,21,24)(H,22,23)/t13-/m0/s1. The first kappa shape index (κ1) is 16.5. The van der Waals surface area contributed by atoms with E-state index in [0.29, 0.717) is 11.1 Å². The van der Waals surface area contributed by atoms with E-state index in [2.05, 4.69) is 15.5 Å². The number of H-pyrrole nitrogens is 1. The number of carbonyl (C=O) groups is 1. The molecule has 0 saturated carbocycles. The number of benzene rings is 1. The first-order valence-electron chi connectivity index (χ1n) is 7.83. The van der Waals surface area contributed by atoms with Crippen LogP contribution in [0.25, 0.3) is 0 Å². The van der Waals surface area contributed by atoms with Gasteiger partial charge in [0.25, 0.3) is 0 Å². The fourth-order valence-corrected chi connectivity index (χ4v) is 3.11. The summed E-state index contributed by atoms with van der Waals surface area (Å²) >= 11 is 0. The highest BCUT2D eigenvalue weighted by Crippen LogP contribution is 2.31. The molecule has 2 aromatic rings. The van der Waals surface area contributed by atoms with Crippen molar-refractivity contribution in [2.24, 2.45) is 0 Å². The van der Waals surface area contributed by atoms with Crippen molar-refractivity contribution in [2.75, 3.05) is 0 Å². The van der Waals surface area contributed by atoms with Crippen LogP contribution in [-0.2, 0) is 23.9 Å². The van der Waals surface area contributed by atoms with Crippen LogP contribution in [0, 0.1) is 6.92 Å². The SMILES string of the molecule is Cc1cc(C(F)(F)F)ccc1CNC(=O)[C@H]1CCCc2[nH]ncc21. The summed E-state index contributed by atoms with van der Waals surface area (Å²) in [6, 6.07) is 3.57. The number of halogens is 3. The minimum atomic E-state index is -4.35. The molecule has 1 aromatic heterocycles. The predicted octanol–water partition coefficient (Wildman–Crippen LogP) is 3.47. The van der Waals surface area contributed by atoms with E-state index in [4.69, 9.17) is 0 Å². The number of hydrogen-bond donors (Lipinski definition) is 2. The van der Waals surface area contributed by atoms with Crippen molar-refractivity contribution in [3.05, 3.63) is 52.3 Å². The second-order valence-corrected chi connectivity index (χ2v) is 6.11. The van der Waals surface area contributed by atoms with Crippen LogP contribution in [0.5, 0.6) is 0 Å². The van der Waals surface area contributed by atoms with E-state index in [1.54, 1.807) is 13.1 Å². The molecule has 0 unspecified atom stereocenters. The number of nitrogens with one attached hydrogen (secondary N) is 2. The highest BCUT2D eigenvalue weighted by molar-refractivity contribution is 5.84. The fraction of sp³-hybridized carbons (Fsp3) is 0.412. The zero-order valence-corrected chi connectivity index (χ0v) is 13.2. The Morgan fingerprint density at radius 2 is 2.21 bits per heavy atom. The van der Waals surface area contributed by atoms with E-state index in [1.165, 1.54) is 6.07 Å². The number of aromatic nitrogens is 2. The van der Waals surface area contributed by atoms with E-state index in [1.807, 2.05) is 0 Å². The van der Waals surface area contributed by atoms with Crippen LogP contribution < -0.4 is 5.32 Å². The van der Waals surface area contributed by atoms with E-state index < -0.39 is 11.7 Å². The zero-order chi connectivity index (χ0) is 17.3. The third-order valence-corrected chi connectivity index (χ3v) is 4.49. The van der Waals surface area contributed by atoms with Crippen LogP contribution in [-0.4, -0.2) is 16.1 Å². The van der Waals surface area contributed by atoms with Gasteiger partial charge in [0.15, 0.2) is 0 Å². The molecule has 4 nitrogen and oxygen atoms in total. The van der Waals surface area contributed by atoms with Gasteiger partial charge in [-0.1, -0.05) is 6.07 Å². The molecule has 3 rings (SSSR count). The molecule has 1 aliphatic carbocycles. The van der Waals surface area contributed by atoms with Crippen LogP contribution in [0.1, 0.15) is 46.7 Å². The Morgan fingerprint density at radius 3 is 2.92 bits per heavy atom. The number of nitrogens with zero attached hydrogens (tertiary/aromatic N) is 1. The first-order chi connectivity index (χ1) is 11.4. The topological polar surface area (TPSA) is 57.8 Å². The monoisotopic (exact) mass is 337 g/mol.